The fourth-order valence-corrected chi connectivity index (χ4v) is 3.88. The largest absolute Gasteiger partial charge is 0.414 e. The number of amides is 1. The summed E-state index contributed by atoms with van der Waals surface area (Å²) in [5, 5.41) is 7.17. The molecule has 3 aromatic rings. The summed E-state index contributed by atoms with van der Waals surface area (Å²) in [7, 11) is 0. The fraction of sp³-hybridized carbons (Fsp3) is 0.320. The van der Waals surface area contributed by atoms with Crippen LogP contribution in [0.25, 0.3) is 16.9 Å². The van der Waals surface area contributed by atoms with Gasteiger partial charge < -0.3 is 10.1 Å². The molecule has 1 saturated carbocycles. The molecule has 2 atom stereocenters. The molecule has 2 aromatic carbocycles. The highest BCUT2D eigenvalue weighted by atomic mass is 19.4. The van der Waals surface area contributed by atoms with Crippen molar-refractivity contribution < 1.29 is 31.9 Å². The topological polar surface area (TPSA) is 73.2 Å². The van der Waals surface area contributed by atoms with E-state index in [4.69, 9.17) is 4.74 Å². The molecule has 1 aromatic heterocycles. The van der Waals surface area contributed by atoms with Crippen LogP contribution in [0.1, 0.15) is 31.7 Å². The monoisotopic (exact) mass is 489 g/mol. The average molecular weight is 489 g/mol. The second-order valence-electron chi connectivity index (χ2n) is 8.47. The molecule has 0 saturated heterocycles. The van der Waals surface area contributed by atoms with Gasteiger partial charge in [-0.25, -0.2) is 9.07 Å². The van der Waals surface area contributed by atoms with Crippen LogP contribution in [0.2, 0.25) is 0 Å². The average Bonchev–Trinajstić information content (AvgIpc) is 3.43. The third-order valence-corrected chi connectivity index (χ3v) is 5.79. The van der Waals surface area contributed by atoms with Crippen LogP contribution in [0, 0.1) is 11.7 Å². The zero-order valence-electron chi connectivity index (χ0n) is 18.8. The molecule has 1 fully saturated rings. The Balaban J connectivity index is 1.65. The second-order valence-corrected chi connectivity index (χ2v) is 8.47. The van der Waals surface area contributed by atoms with Crippen LogP contribution < -0.4 is 5.32 Å². The molecule has 10 heteroatoms. The Labute approximate surface area is 198 Å². The molecule has 1 amide bonds. The van der Waals surface area contributed by atoms with Crippen LogP contribution in [0.5, 0.6) is 0 Å². The molecule has 1 N–H and O–H groups in total. The summed E-state index contributed by atoms with van der Waals surface area (Å²) in [6.45, 7) is 0.446. The van der Waals surface area contributed by atoms with Gasteiger partial charge in [0.25, 0.3) is 0 Å². The van der Waals surface area contributed by atoms with Gasteiger partial charge in [-0.05, 0) is 49.2 Å². The minimum absolute atomic E-state index is 0.0370. The predicted molar refractivity (Wildman–Crippen MR) is 120 cm³/mol. The van der Waals surface area contributed by atoms with Crippen LogP contribution in [-0.2, 0) is 20.9 Å². The van der Waals surface area contributed by atoms with Crippen molar-refractivity contribution in [2.45, 2.75) is 45.1 Å². The van der Waals surface area contributed by atoms with Crippen LogP contribution >= 0.6 is 0 Å². The van der Waals surface area contributed by atoms with Crippen LogP contribution in [0.4, 0.5) is 23.4 Å². The highest BCUT2D eigenvalue weighted by molar-refractivity contribution is 5.97. The van der Waals surface area contributed by atoms with Gasteiger partial charge in [-0.3, -0.25) is 9.59 Å². The van der Waals surface area contributed by atoms with E-state index in [0.717, 1.165) is 13.0 Å². The number of nitrogens with zero attached hydrogens (tertiary/aromatic N) is 2. The summed E-state index contributed by atoms with van der Waals surface area (Å²) in [6.07, 6.45) is -5.52. The van der Waals surface area contributed by atoms with Gasteiger partial charge >= 0.3 is 6.18 Å². The van der Waals surface area contributed by atoms with Crippen molar-refractivity contribution in [1.82, 2.24) is 9.78 Å². The Morgan fingerprint density at radius 1 is 1.20 bits per heavy atom. The lowest BCUT2D eigenvalue weighted by Crippen LogP contribution is -2.28. The standard InChI is InChI=1S/C25H23F4N3O3/c1-15(25(27,28)29)35-14-16-9-18(11-19(26)10-16)22-13-23(30-24(34)17-7-8-21(33)12-17)31-32(22)20-5-3-2-4-6-20/h2-6,9-11,13,15,17H,7-8,12,14H2,1H3,(H,30,31,34)/t15-,17+/m1/s1. The number of aromatic nitrogens is 2. The fourth-order valence-electron chi connectivity index (χ4n) is 3.88. The molecular weight excluding hydrogens is 466 g/mol. The number of hydrogen-bond acceptors (Lipinski definition) is 4. The smallest absolute Gasteiger partial charge is 0.364 e. The molecule has 4 rings (SSSR count). The predicted octanol–water partition coefficient (Wildman–Crippen LogP) is 5.45. The van der Waals surface area contributed by atoms with Crippen molar-refractivity contribution in [3.63, 3.8) is 0 Å². The Morgan fingerprint density at radius 2 is 1.94 bits per heavy atom. The molecular formula is C25H23F4N3O3. The first-order valence-electron chi connectivity index (χ1n) is 11.1. The van der Waals surface area contributed by atoms with E-state index in [-0.39, 0.29) is 29.5 Å². The second kappa shape index (κ2) is 9.99. The lowest BCUT2D eigenvalue weighted by atomic mass is 10.1. The first-order chi connectivity index (χ1) is 16.6. The number of para-hydroxylation sites is 1. The van der Waals surface area contributed by atoms with E-state index in [1.165, 1.54) is 16.8 Å². The molecule has 0 spiro atoms. The molecule has 0 unspecified atom stereocenters. The number of rotatable bonds is 7. The normalized spacial score (nSPS) is 16.9. The zero-order valence-corrected chi connectivity index (χ0v) is 18.8. The number of alkyl halides is 3. The van der Waals surface area contributed by atoms with Gasteiger partial charge in [-0.2, -0.15) is 13.2 Å². The Morgan fingerprint density at radius 3 is 2.60 bits per heavy atom. The maximum atomic E-state index is 14.5. The molecule has 1 aliphatic rings. The number of ether oxygens (including phenoxy) is 1. The molecule has 1 aliphatic carbocycles. The number of anilines is 1. The van der Waals surface area contributed by atoms with Crippen molar-refractivity contribution in [2.75, 3.05) is 5.32 Å². The van der Waals surface area contributed by atoms with Gasteiger partial charge in [0.15, 0.2) is 11.9 Å². The molecule has 1 heterocycles. The minimum atomic E-state index is -4.53. The third kappa shape index (κ3) is 5.94. The number of hydrogen-bond donors (Lipinski definition) is 1. The van der Waals surface area contributed by atoms with Gasteiger partial charge in [0.05, 0.1) is 18.0 Å². The first kappa shape index (κ1) is 24.6. The van der Waals surface area contributed by atoms with E-state index in [9.17, 15) is 27.2 Å². The molecule has 6 nitrogen and oxygen atoms in total. The van der Waals surface area contributed by atoms with Gasteiger partial charge in [0, 0.05) is 30.4 Å². The molecule has 0 bridgehead atoms. The van der Waals surface area contributed by atoms with Gasteiger partial charge in [-0.1, -0.05) is 18.2 Å². The van der Waals surface area contributed by atoms with Crippen LogP contribution in [0.3, 0.4) is 0 Å². The van der Waals surface area contributed by atoms with E-state index in [1.54, 1.807) is 30.3 Å². The number of ketones is 1. The SMILES string of the molecule is C[C@@H](OCc1cc(F)cc(-c2cc(NC(=O)[C@H]3CCC(=O)C3)nn2-c2ccccc2)c1)C(F)(F)F. The van der Waals surface area contributed by atoms with Crippen molar-refractivity contribution in [3.05, 3.63) is 66.0 Å². The summed E-state index contributed by atoms with van der Waals surface area (Å²) in [4.78, 5) is 24.2. The molecule has 184 valence electrons. The van der Waals surface area contributed by atoms with Crippen molar-refractivity contribution in [3.8, 4) is 16.9 Å². The van der Waals surface area contributed by atoms with Crippen LogP contribution in [-0.4, -0.2) is 33.8 Å². The third-order valence-electron chi connectivity index (χ3n) is 5.79. The quantitative estimate of drug-likeness (QED) is 0.448. The van der Waals surface area contributed by atoms with E-state index in [2.05, 4.69) is 10.4 Å². The number of nitrogens with one attached hydrogen (secondary N) is 1. The highest BCUT2D eigenvalue weighted by Crippen LogP contribution is 2.30. The number of benzene rings is 2. The van der Waals surface area contributed by atoms with Crippen molar-refractivity contribution in [1.29, 1.82) is 0 Å². The van der Waals surface area contributed by atoms with E-state index >= 15 is 0 Å². The number of carbonyl (C=O) groups excluding carboxylic acids is 2. The molecule has 0 radical (unpaired) electrons. The first-order valence-corrected chi connectivity index (χ1v) is 11.1. The van der Waals surface area contributed by atoms with Gasteiger partial charge in [-0.15, -0.1) is 5.10 Å². The van der Waals surface area contributed by atoms with Gasteiger partial charge in [0.1, 0.15) is 11.6 Å². The highest BCUT2D eigenvalue weighted by Gasteiger charge is 2.37. The van der Waals surface area contributed by atoms with Crippen molar-refractivity contribution >= 4 is 17.5 Å². The lowest BCUT2D eigenvalue weighted by molar-refractivity contribution is -0.217. The minimum Gasteiger partial charge on any atom is -0.364 e. The summed E-state index contributed by atoms with van der Waals surface area (Å²) >= 11 is 0. The maximum absolute atomic E-state index is 14.5. The number of halogens is 4. The van der Waals surface area contributed by atoms with E-state index in [1.807, 2.05) is 6.07 Å². The summed E-state index contributed by atoms with van der Waals surface area (Å²) in [5.41, 5.74) is 1.61. The van der Waals surface area contributed by atoms with E-state index < -0.39 is 30.6 Å². The zero-order chi connectivity index (χ0) is 25.2. The molecule has 35 heavy (non-hydrogen) atoms. The van der Waals surface area contributed by atoms with Gasteiger partial charge in [0.2, 0.25) is 5.91 Å². The lowest BCUT2D eigenvalue weighted by Gasteiger charge is -2.16. The number of Topliss-reactive ketones (excluding diaryl/α,β-unsaturated/α-hetero) is 1. The summed E-state index contributed by atoms with van der Waals surface area (Å²) in [5.74, 6) is -1.16. The maximum Gasteiger partial charge on any atom is 0.414 e. The Hall–Kier alpha value is -3.53. The summed E-state index contributed by atoms with van der Waals surface area (Å²) in [6, 6.07) is 14.3. The van der Waals surface area contributed by atoms with E-state index in [0.29, 0.717) is 29.8 Å². The number of carbonyl (C=O) groups is 2. The van der Waals surface area contributed by atoms with Crippen LogP contribution in [0.15, 0.2) is 54.6 Å². The molecule has 0 aliphatic heterocycles. The Bertz CT molecular complexity index is 1220. The van der Waals surface area contributed by atoms with Crippen molar-refractivity contribution in [2.24, 2.45) is 5.92 Å². The summed E-state index contributed by atoms with van der Waals surface area (Å²) < 4.78 is 59.2. The Kier molecular flexibility index (Phi) is 7.02.